The standard InChI is InChI=1S/C15H19N3OS/c1-4-7-10(2)17-14(19)13-11(3)18-15(20-13)12-8-5-6-9-16-12/h5-6,8-10H,4,7H2,1-3H3,(H,17,19). The lowest BCUT2D eigenvalue weighted by atomic mass is 10.2. The quantitative estimate of drug-likeness (QED) is 0.917. The van der Waals surface area contributed by atoms with E-state index < -0.39 is 0 Å². The van der Waals surface area contributed by atoms with Crippen LogP contribution in [0.3, 0.4) is 0 Å². The highest BCUT2D eigenvalue weighted by molar-refractivity contribution is 7.17. The molecule has 20 heavy (non-hydrogen) atoms. The van der Waals surface area contributed by atoms with E-state index >= 15 is 0 Å². The molecule has 0 saturated heterocycles. The molecule has 1 unspecified atom stereocenters. The fourth-order valence-electron chi connectivity index (χ4n) is 2.00. The molecule has 2 aromatic heterocycles. The van der Waals surface area contributed by atoms with Crippen LogP contribution in [0.25, 0.3) is 10.7 Å². The average molecular weight is 289 g/mol. The molecule has 2 aromatic rings. The van der Waals surface area contributed by atoms with Gasteiger partial charge in [-0.15, -0.1) is 11.3 Å². The highest BCUT2D eigenvalue weighted by Crippen LogP contribution is 2.26. The number of aromatic nitrogens is 2. The normalized spacial score (nSPS) is 12.2. The van der Waals surface area contributed by atoms with Crippen molar-refractivity contribution in [3.8, 4) is 10.7 Å². The van der Waals surface area contributed by atoms with E-state index in [9.17, 15) is 4.79 Å². The topological polar surface area (TPSA) is 54.9 Å². The van der Waals surface area contributed by atoms with Gasteiger partial charge in [-0.1, -0.05) is 19.4 Å². The Labute approximate surface area is 123 Å². The third-order valence-corrected chi connectivity index (χ3v) is 4.16. The average Bonchev–Trinajstić information content (AvgIpc) is 2.82. The predicted octanol–water partition coefficient (Wildman–Crippen LogP) is 3.43. The first-order valence-corrected chi connectivity index (χ1v) is 7.63. The highest BCUT2D eigenvalue weighted by Gasteiger charge is 2.17. The minimum Gasteiger partial charge on any atom is -0.349 e. The van der Waals surface area contributed by atoms with Crippen LogP contribution in [0.1, 0.15) is 42.1 Å². The lowest BCUT2D eigenvalue weighted by molar-refractivity contribution is 0.0941. The van der Waals surface area contributed by atoms with Gasteiger partial charge in [-0.3, -0.25) is 9.78 Å². The molecule has 1 atom stereocenters. The summed E-state index contributed by atoms with van der Waals surface area (Å²) in [7, 11) is 0. The maximum atomic E-state index is 12.2. The molecule has 2 rings (SSSR count). The third-order valence-electron chi connectivity index (χ3n) is 2.99. The van der Waals surface area contributed by atoms with Gasteiger partial charge in [0.2, 0.25) is 0 Å². The minimum absolute atomic E-state index is 0.0388. The molecule has 0 radical (unpaired) electrons. The van der Waals surface area contributed by atoms with Gasteiger partial charge in [-0.2, -0.15) is 0 Å². The summed E-state index contributed by atoms with van der Waals surface area (Å²) < 4.78 is 0. The molecule has 0 aliphatic heterocycles. The van der Waals surface area contributed by atoms with Crippen LogP contribution >= 0.6 is 11.3 Å². The Morgan fingerprint density at radius 2 is 2.25 bits per heavy atom. The van der Waals surface area contributed by atoms with Crippen LogP contribution in [0.2, 0.25) is 0 Å². The SMILES string of the molecule is CCCC(C)NC(=O)c1sc(-c2ccccn2)nc1C. The molecule has 0 fully saturated rings. The summed E-state index contributed by atoms with van der Waals surface area (Å²) in [6.07, 6.45) is 3.77. The van der Waals surface area contributed by atoms with Crippen LogP contribution in [-0.2, 0) is 0 Å². The van der Waals surface area contributed by atoms with E-state index in [0.29, 0.717) is 4.88 Å². The maximum Gasteiger partial charge on any atom is 0.263 e. The lowest BCUT2D eigenvalue weighted by Gasteiger charge is -2.11. The fourth-order valence-corrected chi connectivity index (χ4v) is 2.95. The number of nitrogens with one attached hydrogen (secondary N) is 1. The van der Waals surface area contributed by atoms with Gasteiger partial charge in [0, 0.05) is 12.2 Å². The van der Waals surface area contributed by atoms with Gasteiger partial charge in [0.15, 0.2) is 0 Å². The van der Waals surface area contributed by atoms with Crippen molar-refractivity contribution in [2.24, 2.45) is 0 Å². The minimum atomic E-state index is -0.0388. The number of aryl methyl sites for hydroxylation is 1. The Morgan fingerprint density at radius 1 is 1.45 bits per heavy atom. The summed E-state index contributed by atoms with van der Waals surface area (Å²) in [6, 6.07) is 5.87. The van der Waals surface area contributed by atoms with Crippen LogP contribution in [0, 0.1) is 6.92 Å². The van der Waals surface area contributed by atoms with Crippen LogP contribution in [0.5, 0.6) is 0 Å². The monoisotopic (exact) mass is 289 g/mol. The summed E-state index contributed by atoms with van der Waals surface area (Å²) in [5.74, 6) is -0.0388. The molecule has 0 spiro atoms. The third kappa shape index (κ3) is 3.42. The number of pyridine rings is 1. The van der Waals surface area contributed by atoms with E-state index in [2.05, 4.69) is 22.2 Å². The molecule has 1 amide bonds. The van der Waals surface area contributed by atoms with Gasteiger partial charge in [0.05, 0.1) is 11.4 Å². The van der Waals surface area contributed by atoms with E-state index in [4.69, 9.17) is 0 Å². The van der Waals surface area contributed by atoms with Crippen molar-refractivity contribution in [1.82, 2.24) is 15.3 Å². The summed E-state index contributed by atoms with van der Waals surface area (Å²) in [5.41, 5.74) is 1.57. The second-order valence-electron chi connectivity index (χ2n) is 4.81. The number of nitrogens with zero attached hydrogens (tertiary/aromatic N) is 2. The lowest BCUT2D eigenvalue weighted by Crippen LogP contribution is -2.32. The Hall–Kier alpha value is -1.75. The van der Waals surface area contributed by atoms with Crippen molar-refractivity contribution in [1.29, 1.82) is 0 Å². The molecule has 0 saturated carbocycles. The molecule has 0 aliphatic rings. The zero-order chi connectivity index (χ0) is 14.5. The molecule has 4 nitrogen and oxygen atoms in total. The molecular weight excluding hydrogens is 270 g/mol. The molecule has 1 N–H and O–H groups in total. The first-order chi connectivity index (χ1) is 9.61. The number of carbonyl (C=O) groups is 1. The van der Waals surface area contributed by atoms with Gasteiger partial charge < -0.3 is 5.32 Å². The van der Waals surface area contributed by atoms with Crippen molar-refractivity contribution in [3.63, 3.8) is 0 Å². The summed E-state index contributed by atoms with van der Waals surface area (Å²) in [5, 5.41) is 3.80. The van der Waals surface area contributed by atoms with E-state index in [1.807, 2.05) is 32.0 Å². The Balaban J connectivity index is 2.17. The van der Waals surface area contributed by atoms with E-state index in [-0.39, 0.29) is 11.9 Å². The zero-order valence-electron chi connectivity index (χ0n) is 12.0. The van der Waals surface area contributed by atoms with Gasteiger partial charge in [-0.25, -0.2) is 4.98 Å². The Bertz CT molecular complexity index is 580. The van der Waals surface area contributed by atoms with Crippen LogP contribution in [0.4, 0.5) is 0 Å². The number of amides is 1. The molecular formula is C15H19N3OS. The van der Waals surface area contributed by atoms with Gasteiger partial charge in [0.1, 0.15) is 9.88 Å². The van der Waals surface area contributed by atoms with Crippen molar-refractivity contribution < 1.29 is 4.79 Å². The van der Waals surface area contributed by atoms with Crippen LogP contribution < -0.4 is 5.32 Å². The van der Waals surface area contributed by atoms with E-state index in [0.717, 1.165) is 29.2 Å². The maximum absolute atomic E-state index is 12.2. The summed E-state index contributed by atoms with van der Waals surface area (Å²) >= 11 is 1.40. The number of hydrogen-bond donors (Lipinski definition) is 1. The number of thiazole rings is 1. The van der Waals surface area contributed by atoms with E-state index in [1.165, 1.54) is 11.3 Å². The number of hydrogen-bond acceptors (Lipinski definition) is 4. The molecule has 0 bridgehead atoms. The molecule has 0 aliphatic carbocycles. The van der Waals surface area contributed by atoms with Crippen molar-refractivity contribution in [2.75, 3.05) is 0 Å². The first kappa shape index (κ1) is 14.7. The largest absolute Gasteiger partial charge is 0.349 e. The second-order valence-corrected chi connectivity index (χ2v) is 5.81. The zero-order valence-corrected chi connectivity index (χ0v) is 12.8. The fraction of sp³-hybridized carbons (Fsp3) is 0.400. The summed E-state index contributed by atoms with van der Waals surface area (Å²) in [4.78, 5) is 21.6. The van der Waals surface area contributed by atoms with Crippen LogP contribution in [0.15, 0.2) is 24.4 Å². The molecule has 106 valence electrons. The number of rotatable bonds is 5. The second kappa shape index (κ2) is 6.61. The molecule has 2 heterocycles. The van der Waals surface area contributed by atoms with Gasteiger partial charge in [0.25, 0.3) is 5.91 Å². The van der Waals surface area contributed by atoms with Gasteiger partial charge in [-0.05, 0) is 32.4 Å². The van der Waals surface area contributed by atoms with Crippen LogP contribution in [-0.4, -0.2) is 21.9 Å². The molecule has 0 aromatic carbocycles. The van der Waals surface area contributed by atoms with Crippen molar-refractivity contribution in [2.45, 2.75) is 39.7 Å². The number of carbonyl (C=O) groups excluding carboxylic acids is 1. The molecule has 5 heteroatoms. The predicted molar refractivity (Wildman–Crippen MR) is 81.9 cm³/mol. The Morgan fingerprint density at radius 3 is 2.90 bits per heavy atom. The van der Waals surface area contributed by atoms with Crippen molar-refractivity contribution in [3.05, 3.63) is 35.0 Å². The highest BCUT2D eigenvalue weighted by atomic mass is 32.1. The summed E-state index contributed by atoms with van der Waals surface area (Å²) in [6.45, 7) is 6.00. The smallest absolute Gasteiger partial charge is 0.263 e. The van der Waals surface area contributed by atoms with E-state index in [1.54, 1.807) is 6.20 Å². The Kier molecular flexibility index (Phi) is 4.84. The van der Waals surface area contributed by atoms with Crippen molar-refractivity contribution >= 4 is 17.2 Å². The first-order valence-electron chi connectivity index (χ1n) is 6.81. The van der Waals surface area contributed by atoms with Gasteiger partial charge >= 0.3 is 0 Å².